The van der Waals surface area contributed by atoms with Gasteiger partial charge in [0.15, 0.2) is 0 Å². The number of likely N-dealkylation sites (N-methyl/N-ethyl adjacent to an activating group) is 1. The molecule has 0 atom stereocenters. The van der Waals surface area contributed by atoms with Crippen molar-refractivity contribution in [3.05, 3.63) is 82.4 Å². The fourth-order valence-corrected chi connectivity index (χ4v) is 4.87. The van der Waals surface area contributed by atoms with Crippen LogP contribution in [-0.2, 0) is 11.3 Å². The van der Waals surface area contributed by atoms with Crippen molar-refractivity contribution in [3.8, 4) is 0 Å². The molecule has 2 heterocycles. The van der Waals surface area contributed by atoms with Crippen LogP contribution in [-0.4, -0.2) is 34.0 Å². The third-order valence-electron chi connectivity index (χ3n) is 5.79. The summed E-state index contributed by atoms with van der Waals surface area (Å²) in [6.07, 6.45) is 0. The molecule has 0 aliphatic heterocycles. The van der Waals surface area contributed by atoms with Crippen molar-refractivity contribution < 1.29 is 19.5 Å². The molecule has 7 nitrogen and oxygen atoms in total. The Hall–Kier alpha value is -3.91. The number of benzene rings is 2. The molecular weight excluding hydrogens is 450 g/mol. The van der Waals surface area contributed by atoms with Crippen LogP contribution in [0, 0.1) is 13.8 Å². The molecule has 2 amide bonds. The summed E-state index contributed by atoms with van der Waals surface area (Å²) >= 11 is 1.49. The van der Waals surface area contributed by atoms with Gasteiger partial charge in [-0.25, -0.2) is 4.79 Å². The Bertz CT molecular complexity index is 1400. The number of aromatic nitrogens is 1. The van der Waals surface area contributed by atoms with Gasteiger partial charge < -0.3 is 19.9 Å². The third kappa shape index (κ3) is 4.45. The minimum absolute atomic E-state index is 0.00108. The normalized spacial score (nSPS) is 10.9. The molecule has 0 saturated heterocycles. The van der Waals surface area contributed by atoms with Gasteiger partial charge in [0.1, 0.15) is 12.2 Å². The van der Waals surface area contributed by atoms with Gasteiger partial charge in [0, 0.05) is 17.9 Å². The van der Waals surface area contributed by atoms with E-state index in [2.05, 4.69) is 5.32 Å². The highest BCUT2D eigenvalue weighted by Crippen LogP contribution is 2.27. The molecule has 0 aliphatic carbocycles. The zero-order chi connectivity index (χ0) is 24.4. The van der Waals surface area contributed by atoms with Gasteiger partial charge in [0.05, 0.1) is 15.8 Å². The van der Waals surface area contributed by atoms with Crippen molar-refractivity contribution in [2.45, 2.75) is 27.3 Å². The monoisotopic (exact) mass is 475 g/mol. The number of carboxylic acid groups (broad SMARTS) is 1. The van der Waals surface area contributed by atoms with Crippen molar-refractivity contribution in [2.24, 2.45) is 0 Å². The number of carbonyl (C=O) groups excluding carboxylic acids is 2. The summed E-state index contributed by atoms with van der Waals surface area (Å²) in [4.78, 5) is 39.8. The third-order valence-corrected chi connectivity index (χ3v) is 6.64. The zero-order valence-corrected chi connectivity index (χ0v) is 20.0. The van der Waals surface area contributed by atoms with E-state index in [1.54, 1.807) is 34.6 Å². The summed E-state index contributed by atoms with van der Waals surface area (Å²) in [5.41, 5.74) is 4.03. The van der Waals surface area contributed by atoms with E-state index in [4.69, 9.17) is 0 Å². The summed E-state index contributed by atoms with van der Waals surface area (Å²) < 4.78 is 2.62. The summed E-state index contributed by atoms with van der Waals surface area (Å²) in [6, 6.07) is 16.2. The number of hydrogen-bond acceptors (Lipinski definition) is 4. The number of carboxylic acids is 1. The molecule has 174 valence electrons. The summed E-state index contributed by atoms with van der Waals surface area (Å²) in [5, 5.41) is 14.1. The maximum Gasteiger partial charge on any atom is 0.336 e. The Labute approximate surface area is 201 Å². The SMILES string of the molecule is CCN(C(=O)Cn1c(C(=O)Nc2cccc(C(=O)O)c2C)cc2sccc21)c1cccc(C)c1. The molecule has 2 N–H and O–H groups in total. The Morgan fingerprint density at radius 3 is 2.53 bits per heavy atom. The van der Waals surface area contributed by atoms with Gasteiger partial charge in [-0.05, 0) is 73.7 Å². The molecule has 0 bridgehead atoms. The van der Waals surface area contributed by atoms with Gasteiger partial charge >= 0.3 is 5.97 Å². The highest BCUT2D eigenvalue weighted by Gasteiger charge is 2.22. The van der Waals surface area contributed by atoms with E-state index in [0.29, 0.717) is 23.5 Å². The fourth-order valence-electron chi connectivity index (χ4n) is 4.04. The van der Waals surface area contributed by atoms with E-state index in [-0.39, 0.29) is 18.0 Å². The standard InChI is InChI=1S/C26H25N3O4S/c1-4-28(18-8-5-7-16(2)13-18)24(30)15-29-21-11-12-34-23(21)14-22(29)25(31)27-20-10-6-9-19(17(20)3)26(32)33/h5-14H,4,15H2,1-3H3,(H,27,31)(H,32,33). The number of aromatic carboxylic acids is 1. The number of thiophene rings is 1. The van der Waals surface area contributed by atoms with Gasteiger partial charge in [-0.3, -0.25) is 9.59 Å². The number of carbonyl (C=O) groups is 3. The van der Waals surface area contributed by atoms with E-state index < -0.39 is 11.9 Å². The molecule has 8 heteroatoms. The van der Waals surface area contributed by atoms with Crippen molar-refractivity contribution in [3.63, 3.8) is 0 Å². The van der Waals surface area contributed by atoms with Crippen LogP contribution in [0.15, 0.2) is 60.0 Å². The molecule has 0 aliphatic rings. The maximum atomic E-state index is 13.3. The highest BCUT2D eigenvalue weighted by atomic mass is 32.1. The van der Waals surface area contributed by atoms with E-state index in [0.717, 1.165) is 21.5 Å². The van der Waals surface area contributed by atoms with Crippen LogP contribution in [0.2, 0.25) is 0 Å². The molecule has 2 aromatic heterocycles. The molecular formula is C26H25N3O4S. The van der Waals surface area contributed by atoms with Crippen molar-refractivity contribution in [1.82, 2.24) is 4.57 Å². The molecule has 0 radical (unpaired) electrons. The number of rotatable bonds is 7. The molecule has 0 spiro atoms. The zero-order valence-electron chi connectivity index (χ0n) is 19.2. The Morgan fingerprint density at radius 1 is 1.06 bits per heavy atom. The van der Waals surface area contributed by atoms with Crippen LogP contribution in [0.3, 0.4) is 0 Å². The second-order valence-electron chi connectivity index (χ2n) is 8.00. The molecule has 2 aromatic carbocycles. The Balaban J connectivity index is 1.66. The lowest BCUT2D eigenvalue weighted by Gasteiger charge is -2.22. The van der Waals surface area contributed by atoms with Gasteiger partial charge in [0.25, 0.3) is 5.91 Å². The van der Waals surface area contributed by atoms with Gasteiger partial charge in [0.2, 0.25) is 5.91 Å². The lowest BCUT2D eigenvalue weighted by molar-refractivity contribution is -0.119. The van der Waals surface area contributed by atoms with Gasteiger partial charge in [-0.1, -0.05) is 18.2 Å². The van der Waals surface area contributed by atoms with Gasteiger partial charge in [-0.15, -0.1) is 11.3 Å². The number of anilines is 2. The van der Waals surface area contributed by atoms with Crippen LogP contribution in [0.1, 0.15) is 38.9 Å². The van der Waals surface area contributed by atoms with E-state index in [1.807, 2.05) is 49.6 Å². The molecule has 0 unspecified atom stereocenters. The average molecular weight is 476 g/mol. The van der Waals surface area contributed by atoms with Crippen LogP contribution in [0.25, 0.3) is 10.2 Å². The first-order valence-corrected chi connectivity index (χ1v) is 11.8. The number of nitrogens with one attached hydrogen (secondary N) is 1. The van der Waals surface area contributed by atoms with Crippen molar-refractivity contribution in [2.75, 3.05) is 16.8 Å². The molecule has 4 aromatic rings. The lowest BCUT2D eigenvalue weighted by atomic mass is 10.1. The predicted octanol–water partition coefficient (Wildman–Crippen LogP) is 5.32. The summed E-state index contributed by atoms with van der Waals surface area (Å²) in [6.45, 7) is 6.05. The van der Waals surface area contributed by atoms with E-state index in [9.17, 15) is 19.5 Å². The van der Waals surface area contributed by atoms with Gasteiger partial charge in [-0.2, -0.15) is 0 Å². The van der Waals surface area contributed by atoms with Crippen LogP contribution in [0.5, 0.6) is 0 Å². The molecule has 4 rings (SSSR count). The maximum absolute atomic E-state index is 13.3. The largest absolute Gasteiger partial charge is 0.478 e. The number of hydrogen-bond donors (Lipinski definition) is 2. The summed E-state index contributed by atoms with van der Waals surface area (Å²) in [7, 11) is 0. The smallest absolute Gasteiger partial charge is 0.336 e. The number of nitrogens with zero attached hydrogens (tertiary/aromatic N) is 2. The van der Waals surface area contributed by atoms with Crippen LogP contribution < -0.4 is 10.2 Å². The Kier molecular flexibility index (Phi) is 6.51. The Morgan fingerprint density at radius 2 is 1.82 bits per heavy atom. The van der Waals surface area contributed by atoms with Crippen molar-refractivity contribution in [1.29, 1.82) is 0 Å². The summed E-state index contributed by atoms with van der Waals surface area (Å²) in [5.74, 6) is -1.59. The topological polar surface area (TPSA) is 91.6 Å². The first-order chi connectivity index (χ1) is 16.3. The number of aryl methyl sites for hydroxylation is 1. The highest BCUT2D eigenvalue weighted by molar-refractivity contribution is 7.17. The lowest BCUT2D eigenvalue weighted by Crippen LogP contribution is -2.34. The fraction of sp³-hybridized carbons (Fsp3) is 0.192. The minimum atomic E-state index is -1.06. The second kappa shape index (κ2) is 9.52. The predicted molar refractivity (Wildman–Crippen MR) is 135 cm³/mol. The molecule has 0 fully saturated rings. The second-order valence-corrected chi connectivity index (χ2v) is 8.95. The average Bonchev–Trinajstić information content (AvgIpc) is 3.38. The van der Waals surface area contributed by atoms with Crippen molar-refractivity contribution >= 4 is 50.7 Å². The molecule has 34 heavy (non-hydrogen) atoms. The minimum Gasteiger partial charge on any atom is -0.478 e. The van der Waals surface area contributed by atoms with Crippen LogP contribution in [0.4, 0.5) is 11.4 Å². The van der Waals surface area contributed by atoms with Crippen LogP contribution >= 0.6 is 11.3 Å². The molecule has 0 saturated carbocycles. The first-order valence-electron chi connectivity index (χ1n) is 10.9. The number of amides is 2. The van der Waals surface area contributed by atoms with E-state index >= 15 is 0 Å². The van der Waals surface area contributed by atoms with E-state index in [1.165, 1.54) is 17.4 Å². The number of fused-ring (bicyclic) bond motifs is 1. The first kappa shape index (κ1) is 23.3. The quantitative estimate of drug-likeness (QED) is 0.378.